The summed E-state index contributed by atoms with van der Waals surface area (Å²) >= 11 is 0. The Hall–Kier alpha value is -2.73. The van der Waals surface area contributed by atoms with Crippen molar-refractivity contribution in [2.24, 2.45) is 17.8 Å². The fourth-order valence-corrected chi connectivity index (χ4v) is 6.24. The Morgan fingerprint density at radius 1 is 0.964 bits per heavy atom. The molecule has 0 amide bonds. The van der Waals surface area contributed by atoms with Crippen LogP contribution in [-0.2, 0) is 10.2 Å². The minimum atomic E-state index is -0.451. The van der Waals surface area contributed by atoms with Gasteiger partial charge in [0.1, 0.15) is 11.9 Å². The van der Waals surface area contributed by atoms with Crippen LogP contribution in [0.4, 0.5) is 0 Å². The van der Waals surface area contributed by atoms with Gasteiger partial charge in [-0.3, -0.25) is 0 Å². The van der Waals surface area contributed by atoms with Crippen LogP contribution in [0.25, 0.3) is 0 Å². The van der Waals surface area contributed by atoms with Crippen LogP contribution in [0.15, 0.2) is 48.5 Å². The maximum absolute atomic E-state index is 12.0. The molecule has 28 heavy (non-hydrogen) atoms. The highest BCUT2D eigenvalue weighted by Gasteiger charge is 2.52. The van der Waals surface area contributed by atoms with Crippen molar-refractivity contribution in [2.45, 2.75) is 43.9 Å². The summed E-state index contributed by atoms with van der Waals surface area (Å²) in [6.07, 6.45) is 10.2. The normalized spacial score (nSPS) is 29.8. The summed E-state index contributed by atoms with van der Waals surface area (Å²) in [5, 5.41) is 10.6. The van der Waals surface area contributed by atoms with E-state index < -0.39 is 5.97 Å². The Kier molecular flexibility index (Phi) is 4.16. The molecule has 4 saturated carbocycles. The molecular weight excluding hydrogens is 348 g/mol. The average Bonchev–Trinajstić information content (AvgIpc) is 2.69. The topological polar surface area (TPSA) is 46.5 Å². The summed E-state index contributed by atoms with van der Waals surface area (Å²) in [6, 6.07) is 14.4. The van der Waals surface area contributed by atoms with Crippen molar-refractivity contribution in [3.8, 4) is 17.8 Å². The molecule has 3 nitrogen and oxygen atoms in total. The molecule has 0 heterocycles. The molecular formula is C25H24O3. The molecule has 2 aromatic rings. The van der Waals surface area contributed by atoms with E-state index in [0.29, 0.717) is 11.3 Å². The van der Waals surface area contributed by atoms with Crippen molar-refractivity contribution in [1.82, 2.24) is 0 Å². The summed E-state index contributed by atoms with van der Waals surface area (Å²) in [7, 11) is 0. The lowest BCUT2D eigenvalue weighted by molar-refractivity contribution is -0.00614. The third kappa shape index (κ3) is 3.07. The SMILES string of the molecule is O=C(OC#Cc1ccc(O)c(C23CC4CC(CC(C4)C2)C3)c1)c1ccccc1. The number of esters is 1. The van der Waals surface area contributed by atoms with Gasteiger partial charge in [-0.1, -0.05) is 18.2 Å². The number of hydrogen-bond acceptors (Lipinski definition) is 3. The smallest absolute Gasteiger partial charge is 0.352 e. The van der Waals surface area contributed by atoms with E-state index in [1.165, 1.54) is 38.5 Å². The number of hydrogen-bond donors (Lipinski definition) is 1. The van der Waals surface area contributed by atoms with Gasteiger partial charge in [0.15, 0.2) is 0 Å². The van der Waals surface area contributed by atoms with Crippen LogP contribution in [0, 0.1) is 29.8 Å². The van der Waals surface area contributed by atoms with Gasteiger partial charge >= 0.3 is 5.97 Å². The molecule has 0 aromatic heterocycles. The molecule has 0 aliphatic heterocycles. The van der Waals surface area contributed by atoms with E-state index in [-0.39, 0.29) is 5.41 Å². The van der Waals surface area contributed by atoms with Crippen LogP contribution in [0.1, 0.15) is 60.0 Å². The summed E-state index contributed by atoms with van der Waals surface area (Å²) < 4.78 is 5.09. The van der Waals surface area contributed by atoms with Crippen LogP contribution in [0.3, 0.4) is 0 Å². The molecule has 6 rings (SSSR count). The second-order valence-corrected chi connectivity index (χ2v) is 8.91. The highest BCUT2D eigenvalue weighted by atomic mass is 16.5. The number of ether oxygens (including phenoxy) is 1. The van der Waals surface area contributed by atoms with Gasteiger partial charge < -0.3 is 9.84 Å². The fraction of sp³-hybridized carbons (Fsp3) is 0.400. The lowest BCUT2D eigenvalue weighted by Gasteiger charge is -2.57. The van der Waals surface area contributed by atoms with Crippen molar-refractivity contribution < 1.29 is 14.6 Å². The van der Waals surface area contributed by atoms with Gasteiger partial charge in [0, 0.05) is 11.1 Å². The van der Waals surface area contributed by atoms with Crippen molar-refractivity contribution in [3.05, 3.63) is 65.2 Å². The molecule has 4 aliphatic carbocycles. The summed E-state index contributed by atoms with van der Waals surface area (Å²) in [4.78, 5) is 12.0. The highest BCUT2D eigenvalue weighted by molar-refractivity contribution is 5.90. The first kappa shape index (κ1) is 17.4. The van der Waals surface area contributed by atoms with Gasteiger partial charge in [-0.05, 0) is 97.9 Å². The third-order valence-corrected chi connectivity index (χ3v) is 6.95. The Bertz CT molecular complexity index is 929. The van der Waals surface area contributed by atoms with E-state index in [1.54, 1.807) is 36.4 Å². The summed E-state index contributed by atoms with van der Waals surface area (Å²) in [5.41, 5.74) is 2.42. The first-order valence-electron chi connectivity index (χ1n) is 10.2. The van der Waals surface area contributed by atoms with Gasteiger partial charge in [0.25, 0.3) is 0 Å². The Morgan fingerprint density at radius 3 is 2.25 bits per heavy atom. The molecule has 1 N–H and O–H groups in total. The van der Waals surface area contributed by atoms with E-state index in [2.05, 4.69) is 12.0 Å². The van der Waals surface area contributed by atoms with Crippen LogP contribution in [0.2, 0.25) is 0 Å². The van der Waals surface area contributed by atoms with Gasteiger partial charge in [-0.2, -0.15) is 0 Å². The zero-order chi connectivity index (χ0) is 19.1. The Labute approximate surface area is 165 Å². The molecule has 2 aromatic carbocycles. The molecule has 0 atom stereocenters. The minimum Gasteiger partial charge on any atom is -0.508 e. The monoisotopic (exact) mass is 372 g/mol. The number of benzene rings is 2. The standard InChI is InChI=1S/C25H24O3/c26-23-7-6-17(8-9-28-24(27)21-4-2-1-3-5-21)13-22(23)25-14-18-10-19(15-25)12-20(11-18)16-25/h1-7,13,18-20,26H,10-12,14-16H2. The van der Waals surface area contributed by atoms with Crippen LogP contribution < -0.4 is 0 Å². The summed E-state index contributed by atoms with van der Waals surface area (Å²) in [5.74, 6) is 5.31. The van der Waals surface area contributed by atoms with Crippen molar-refractivity contribution in [1.29, 1.82) is 0 Å². The van der Waals surface area contributed by atoms with E-state index in [4.69, 9.17) is 4.74 Å². The first-order valence-corrected chi connectivity index (χ1v) is 10.2. The zero-order valence-electron chi connectivity index (χ0n) is 15.9. The number of carbonyl (C=O) groups is 1. The van der Waals surface area contributed by atoms with Gasteiger partial charge in [0.05, 0.1) is 5.56 Å². The first-order chi connectivity index (χ1) is 13.6. The van der Waals surface area contributed by atoms with E-state index >= 15 is 0 Å². The predicted molar refractivity (Wildman–Crippen MR) is 107 cm³/mol. The van der Waals surface area contributed by atoms with Crippen LogP contribution in [-0.4, -0.2) is 11.1 Å². The Balaban J connectivity index is 1.38. The quantitative estimate of drug-likeness (QED) is 0.594. The fourth-order valence-electron chi connectivity index (χ4n) is 6.24. The zero-order valence-corrected chi connectivity index (χ0v) is 15.9. The number of carbonyl (C=O) groups excluding carboxylic acids is 1. The molecule has 0 saturated heterocycles. The van der Waals surface area contributed by atoms with Crippen LogP contribution >= 0.6 is 0 Å². The highest BCUT2D eigenvalue weighted by Crippen LogP contribution is 2.61. The number of phenolic OH excluding ortho intramolecular Hbond substituents is 1. The Morgan fingerprint density at radius 2 is 1.61 bits per heavy atom. The molecule has 0 unspecified atom stereocenters. The molecule has 142 valence electrons. The van der Waals surface area contributed by atoms with Crippen molar-refractivity contribution in [2.75, 3.05) is 0 Å². The van der Waals surface area contributed by atoms with Crippen molar-refractivity contribution >= 4 is 5.97 Å². The molecule has 4 aliphatic rings. The summed E-state index contributed by atoms with van der Waals surface area (Å²) in [6.45, 7) is 0. The lowest BCUT2D eigenvalue weighted by atomic mass is 9.48. The van der Waals surface area contributed by atoms with Gasteiger partial charge in [-0.25, -0.2) is 4.79 Å². The van der Waals surface area contributed by atoms with E-state index in [0.717, 1.165) is 28.9 Å². The van der Waals surface area contributed by atoms with Gasteiger partial charge in [-0.15, -0.1) is 0 Å². The number of rotatable bonds is 2. The minimum absolute atomic E-state index is 0.108. The second kappa shape index (κ2) is 6.71. The van der Waals surface area contributed by atoms with E-state index in [1.807, 2.05) is 12.1 Å². The molecule has 3 heteroatoms. The molecule has 0 radical (unpaired) electrons. The van der Waals surface area contributed by atoms with Gasteiger partial charge in [0.2, 0.25) is 0 Å². The second-order valence-electron chi connectivity index (χ2n) is 8.91. The van der Waals surface area contributed by atoms with E-state index in [9.17, 15) is 9.90 Å². The maximum atomic E-state index is 12.0. The largest absolute Gasteiger partial charge is 0.508 e. The number of aromatic hydroxyl groups is 1. The average molecular weight is 372 g/mol. The molecule has 4 bridgehead atoms. The van der Waals surface area contributed by atoms with Crippen LogP contribution in [0.5, 0.6) is 5.75 Å². The predicted octanol–water partition coefficient (Wildman–Crippen LogP) is 5.03. The number of phenols is 1. The maximum Gasteiger partial charge on any atom is 0.352 e. The van der Waals surface area contributed by atoms with Crippen molar-refractivity contribution in [3.63, 3.8) is 0 Å². The molecule has 4 fully saturated rings. The third-order valence-electron chi connectivity index (χ3n) is 6.95. The lowest BCUT2D eigenvalue weighted by Crippen LogP contribution is -2.48. The molecule has 0 spiro atoms.